The van der Waals surface area contributed by atoms with Crippen LogP contribution in [0.3, 0.4) is 0 Å². The Bertz CT molecular complexity index is 3320. The number of carbonyl (C=O) groups excluding carboxylic acids is 1. The molecule has 0 fully saturated rings. The molecule has 0 N–H and O–H groups in total. The van der Waals surface area contributed by atoms with E-state index in [1.807, 2.05) is 31.2 Å². The van der Waals surface area contributed by atoms with Gasteiger partial charge in [-0.15, -0.1) is 11.3 Å². The fourth-order valence-corrected chi connectivity index (χ4v) is 10.1. The van der Waals surface area contributed by atoms with Crippen LogP contribution in [0.15, 0.2) is 127 Å². The summed E-state index contributed by atoms with van der Waals surface area (Å²) in [4.78, 5) is 33.7. The number of thiophene rings is 1. The Kier molecular flexibility index (Phi) is 14.2. The molecule has 8 aromatic rings. The van der Waals surface area contributed by atoms with Crippen molar-refractivity contribution in [2.45, 2.75) is 50.9 Å². The number of esters is 1. The average molecular weight is 1000 g/mol. The number of halogens is 2. The Hall–Kier alpha value is -7.18. The quantitative estimate of drug-likeness (QED) is 0.0837. The van der Waals surface area contributed by atoms with E-state index in [1.165, 1.54) is 41.9 Å². The predicted molar refractivity (Wildman–Crippen MR) is 262 cm³/mol. The van der Waals surface area contributed by atoms with Gasteiger partial charge in [0, 0.05) is 28.6 Å². The van der Waals surface area contributed by atoms with Gasteiger partial charge in [0.25, 0.3) is 10.1 Å². The number of para-hydroxylation sites is 1. The molecule has 4 bridgehead atoms. The molecule has 3 aromatic heterocycles. The van der Waals surface area contributed by atoms with E-state index in [-0.39, 0.29) is 47.8 Å². The van der Waals surface area contributed by atoms with Crippen molar-refractivity contribution in [1.29, 1.82) is 0 Å². The van der Waals surface area contributed by atoms with Gasteiger partial charge in [0.1, 0.15) is 59.8 Å². The topological polar surface area (TPSA) is 167 Å². The van der Waals surface area contributed by atoms with Gasteiger partial charge in [-0.1, -0.05) is 59.6 Å². The molecular weight excluding hydrogens is 959 g/mol. The summed E-state index contributed by atoms with van der Waals surface area (Å²) in [6.45, 7) is 4.73. The summed E-state index contributed by atoms with van der Waals surface area (Å²) in [7, 11) is -2.66. The van der Waals surface area contributed by atoms with Crippen LogP contribution in [0.5, 0.6) is 28.9 Å². The third kappa shape index (κ3) is 10.4. The van der Waals surface area contributed by atoms with E-state index < -0.39 is 40.7 Å². The lowest BCUT2D eigenvalue weighted by molar-refractivity contribution is -0.151. The molecule has 10 rings (SSSR count). The lowest BCUT2D eigenvalue weighted by atomic mass is 9.96. The van der Waals surface area contributed by atoms with E-state index in [0.717, 1.165) is 5.56 Å². The van der Waals surface area contributed by atoms with Crippen LogP contribution in [0.1, 0.15) is 29.3 Å². The minimum atomic E-state index is -4.23. The second-order valence-electron chi connectivity index (χ2n) is 16.0. The molecule has 2 aliphatic heterocycles. The molecule has 2 atom stereocenters. The molecule has 0 aliphatic carbocycles. The van der Waals surface area contributed by atoms with Crippen LogP contribution < -0.4 is 23.7 Å². The van der Waals surface area contributed by atoms with Gasteiger partial charge in [0.05, 0.1) is 40.3 Å². The molecule has 0 radical (unpaired) electrons. The molecule has 0 saturated heterocycles. The fraction of sp³-hybridized carbons (Fsp3) is 0.212. The zero-order valence-corrected chi connectivity index (χ0v) is 40.6. The number of aryl methyl sites for hydroxylation is 1. The van der Waals surface area contributed by atoms with Crippen molar-refractivity contribution in [3.8, 4) is 61.8 Å². The van der Waals surface area contributed by atoms with Gasteiger partial charge in [-0.3, -0.25) is 4.18 Å². The number of methoxy groups -OCH3 is 1. The van der Waals surface area contributed by atoms with E-state index in [1.54, 1.807) is 87.8 Å². The molecule has 0 spiro atoms. The van der Waals surface area contributed by atoms with Crippen molar-refractivity contribution in [3.63, 3.8) is 0 Å². The van der Waals surface area contributed by atoms with Crippen LogP contribution in [0.4, 0.5) is 4.39 Å². The lowest BCUT2D eigenvalue weighted by Crippen LogP contribution is -2.32. The molecule has 14 nitrogen and oxygen atoms in total. The van der Waals surface area contributed by atoms with E-state index in [0.29, 0.717) is 77.2 Å². The van der Waals surface area contributed by atoms with Gasteiger partial charge in [-0.05, 0) is 104 Å². The SMILES string of the molecule is CCOC(=O)[C@H]1Cc2cc(ccc2OCc2ccnc(-c3ccccc3OC)n2)OC[C@@H](COS(=O)(=O)c2ccc(C)cc2)Oc2ccc(c(C)c2Cl)-c2c(-c3ccc(F)cc3)sc3ncnc(c23)O1. The highest BCUT2D eigenvalue weighted by Gasteiger charge is 2.31. The third-order valence-electron chi connectivity index (χ3n) is 11.3. The zero-order chi connectivity index (χ0) is 48.9. The number of benzene rings is 5. The van der Waals surface area contributed by atoms with Gasteiger partial charge in [0.15, 0.2) is 11.9 Å². The zero-order valence-electron chi connectivity index (χ0n) is 38.2. The average Bonchev–Trinajstić information content (AvgIpc) is 3.76. The number of aromatic nitrogens is 4. The van der Waals surface area contributed by atoms with Crippen molar-refractivity contribution < 1.29 is 50.2 Å². The summed E-state index contributed by atoms with van der Waals surface area (Å²) in [5.74, 6) is 0.929. The number of rotatable bonds is 12. The van der Waals surface area contributed by atoms with E-state index in [4.69, 9.17) is 49.2 Å². The molecule has 70 heavy (non-hydrogen) atoms. The van der Waals surface area contributed by atoms with Crippen molar-refractivity contribution in [2.75, 3.05) is 26.9 Å². The van der Waals surface area contributed by atoms with Crippen molar-refractivity contribution >= 4 is 49.2 Å². The van der Waals surface area contributed by atoms with Crippen molar-refractivity contribution in [2.24, 2.45) is 0 Å². The summed E-state index contributed by atoms with van der Waals surface area (Å²) in [5, 5.41) is 0.679. The van der Waals surface area contributed by atoms with Crippen LogP contribution in [0, 0.1) is 19.7 Å². The van der Waals surface area contributed by atoms with Crippen LogP contribution >= 0.6 is 22.9 Å². The molecular formula is C52H44ClFN4O10S2. The highest BCUT2D eigenvalue weighted by atomic mass is 35.5. The first-order valence-electron chi connectivity index (χ1n) is 22.0. The number of nitrogens with zero attached hydrogens (tertiary/aromatic N) is 4. The van der Waals surface area contributed by atoms with Crippen LogP contribution in [-0.2, 0) is 36.9 Å². The minimum Gasteiger partial charge on any atom is -0.496 e. The second-order valence-corrected chi connectivity index (χ2v) is 19.0. The number of ether oxygens (including phenoxy) is 6. The summed E-state index contributed by atoms with van der Waals surface area (Å²) in [5.41, 5.74) is 5.09. The number of fused-ring (bicyclic) bond motifs is 7. The first kappa shape index (κ1) is 47.9. The summed E-state index contributed by atoms with van der Waals surface area (Å²) >= 11 is 8.51. The maximum absolute atomic E-state index is 14.4. The highest BCUT2D eigenvalue weighted by molar-refractivity contribution is 7.86. The molecule has 5 heterocycles. The van der Waals surface area contributed by atoms with Gasteiger partial charge < -0.3 is 28.4 Å². The van der Waals surface area contributed by atoms with Gasteiger partial charge >= 0.3 is 5.97 Å². The summed E-state index contributed by atoms with van der Waals surface area (Å²) in [6, 6.07) is 30.0. The minimum absolute atomic E-state index is 0.000193. The highest BCUT2D eigenvalue weighted by Crippen LogP contribution is 2.50. The van der Waals surface area contributed by atoms with Gasteiger partial charge in [-0.2, -0.15) is 8.42 Å². The largest absolute Gasteiger partial charge is 0.496 e. The van der Waals surface area contributed by atoms with Gasteiger partial charge in [-0.25, -0.2) is 29.1 Å². The molecule has 0 amide bonds. The maximum Gasteiger partial charge on any atom is 0.347 e. The van der Waals surface area contributed by atoms with E-state index in [2.05, 4.69) is 15.0 Å². The monoisotopic (exact) mass is 1000 g/mol. The first-order chi connectivity index (χ1) is 33.9. The Morgan fingerprint density at radius 2 is 1.70 bits per heavy atom. The fourth-order valence-electron chi connectivity index (χ4n) is 7.78. The molecule has 2 aliphatic rings. The summed E-state index contributed by atoms with van der Waals surface area (Å²) < 4.78 is 84.0. The molecule has 358 valence electrons. The molecule has 18 heteroatoms. The maximum atomic E-state index is 14.4. The van der Waals surface area contributed by atoms with Gasteiger partial charge in [0.2, 0.25) is 12.0 Å². The molecule has 0 saturated carbocycles. The number of hydrogen-bond acceptors (Lipinski definition) is 15. The lowest BCUT2D eigenvalue weighted by Gasteiger charge is -2.22. The first-order valence-corrected chi connectivity index (χ1v) is 24.6. The molecule has 0 unspecified atom stereocenters. The number of hydrogen-bond donors (Lipinski definition) is 0. The Balaban J connectivity index is 1.15. The summed E-state index contributed by atoms with van der Waals surface area (Å²) in [6.07, 6.45) is 0.536. The standard InChI is InChI=1S/C52H44ClFN4O10S2/c1-5-63-52(59)44-25-33-24-36(16-20-41(33)65-26-35-22-23-55-49(58-35)40-8-6-7-9-42(40)62-4)64-27-37(28-66-70(60,61)38-17-10-30(2)11-18-38)67-43-21-19-39(31(3)47(43)53)45-46-50(68-44)56-29-57-51(46)69-48(45)32-12-14-34(54)15-13-32/h6-24,29,37,44H,5,25-28H2,1-4H3/t37-,44+/m0/s1. The van der Waals surface area contributed by atoms with Crippen LogP contribution in [-0.4, -0.2) is 73.5 Å². The molecule has 5 aromatic carbocycles. The van der Waals surface area contributed by atoms with E-state index >= 15 is 0 Å². The smallest absolute Gasteiger partial charge is 0.347 e. The second kappa shape index (κ2) is 20.8. The van der Waals surface area contributed by atoms with Crippen LogP contribution in [0.25, 0.3) is 43.2 Å². The predicted octanol–water partition coefficient (Wildman–Crippen LogP) is 10.6. The van der Waals surface area contributed by atoms with E-state index in [9.17, 15) is 17.6 Å². The van der Waals surface area contributed by atoms with Crippen molar-refractivity contribution in [1.82, 2.24) is 19.9 Å². The Morgan fingerprint density at radius 1 is 0.900 bits per heavy atom. The van der Waals surface area contributed by atoms with Crippen molar-refractivity contribution in [3.05, 3.63) is 155 Å². The third-order valence-corrected chi connectivity index (χ3v) is 14.2. The van der Waals surface area contributed by atoms with Crippen LogP contribution in [0.2, 0.25) is 5.02 Å². The Labute approximate surface area is 412 Å². The Morgan fingerprint density at radius 3 is 2.49 bits per heavy atom. The normalized spacial score (nSPS) is 14.8. The number of carbonyl (C=O) groups is 1.